The first kappa shape index (κ1) is 17.2. The normalized spacial score (nSPS) is 22.0. The van der Waals surface area contributed by atoms with E-state index in [2.05, 4.69) is 5.32 Å². The molecule has 0 radical (unpaired) electrons. The molecule has 1 aromatic rings. The smallest absolute Gasteiger partial charge is 0.233 e. The predicted octanol–water partition coefficient (Wildman–Crippen LogP) is 1.52. The van der Waals surface area contributed by atoms with E-state index in [1.807, 2.05) is 42.5 Å². The number of amides is 3. The molecule has 0 spiro atoms. The van der Waals surface area contributed by atoms with Crippen LogP contribution in [0.4, 0.5) is 0 Å². The number of fused-ring (bicyclic) bond motifs is 1. The van der Waals surface area contributed by atoms with E-state index in [4.69, 9.17) is 4.74 Å². The molecule has 0 aromatic heterocycles. The quantitative estimate of drug-likeness (QED) is 0.463. The van der Waals surface area contributed by atoms with Gasteiger partial charge in [0.2, 0.25) is 17.7 Å². The van der Waals surface area contributed by atoms with E-state index in [0.717, 1.165) is 5.75 Å². The molecule has 1 aliphatic heterocycles. The Labute approximate surface area is 146 Å². The maximum atomic E-state index is 12.3. The molecule has 3 rings (SSSR count). The Morgan fingerprint density at radius 3 is 2.36 bits per heavy atom. The van der Waals surface area contributed by atoms with Crippen LogP contribution in [0, 0.1) is 11.8 Å². The summed E-state index contributed by atoms with van der Waals surface area (Å²) in [4.78, 5) is 37.8. The largest absolute Gasteiger partial charge is 0.492 e. The minimum Gasteiger partial charge on any atom is -0.492 e. The molecule has 2 aliphatic rings. The third-order valence-corrected chi connectivity index (χ3v) is 4.60. The molecule has 6 nitrogen and oxygen atoms in total. The maximum Gasteiger partial charge on any atom is 0.233 e. The van der Waals surface area contributed by atoms with Crippen LogP contribution < -0.4 is 10.1 Å². The van der Waals surface area contributed by atoms with E-state index >= 15 is 0 Å². The zero-order valence-corrected chi connectivity index (χ0v) is 14.0. The number of allylic oxidation sites excluding steroid dienone is 2. The van der Waals surface area contributed by atoms with Gasteiger partial charge in [0.15, 0.2) is 0 Å². The predicted molar refractivity (Wildman–Crippen MR) is 91.6 cm³/mol. The third-order valence-electron chi connectivity index (χ3n) is 4.60. The number of carbonyl (C=O) groups excluding carboxylic acids is 3. The molecule has 0 unspecified atom stereocenters. The van der Waals surface area contributed by atoms with E-state index in [0.29, 0.717) is 26.0 Å². The lowest BCUT2D eigenvalue weighted by Gasteiger charge is -2.14. The number of hydrogen-bond donors (Lipinski definition) is 1. The lowest BCUT2D eigenvalue weighted by molar-refractivity contribution is -0.140. The summed E-state index contributed by atoms with van der Waals surface area (Å²) in [6.45, 7) is 0.897. The zero-order valence-electron chi connectivity index (χ0n) is 14.0. The summed E-state index contributed by atoms with van der Waals surface area (Å²) < 4.78 is 5.49. The first-order valence-electron chi connectivity index (χ1n) is 8.61. The van der Waals surface area contributed by atoms with Crippen LogP contribution in [0.3, 0.4) is 0 Å². The maximum absolute atomic E-state index is 12.3. The number of benzene rings is 1. The van der Waals surface area contributed by atoms with Crippen LogP contribution in [0.5, 0.6) is 5.75 Å². The number of nitrogens with zero attached hydrogens (tertiary/aromatic N) is 1. The van der Waals surface area contributed by atoms with Crippen LogP contribution in [0.1, 0.15) is 19.3 Å². The molecule has 3 amide bonds. The molecule has 1 N–H and O–H groups in total. The van der Waals surface area contributed by atoms with Gasteiger partial charge in [0.1, 0.15) is 12.4 Å². The second-order valence-electron chi connectivity index (χ2n) is 6.25. The van der Waals surface area contributed by atoms with Gasteiger partial charge in [-0.25, -0.2) is 0 Å². The summed E-state index contributed by atoms with van der Waals surface area (Å²) >= 11 is 0. The Morgan fingerprint density at radius 1 is 1.08 bits per heavy atom. The van der Waals surface area contributed by atoms with Crippen LogP contribution in [0.25, 0.3) is 0 Å². The lowest BCUT2D eigenvalue weighted by Crippen LogP contribution is -2.36. The molecule has 0 saturated carbocycles. The minimum absolute atomic E-state index is 0.121. The molecule has 0 bridgehead atoms. The van der Waals surface area contributed by atoms with Crippen molar-refractivity contribution in [3.63, 3.8) is 0 Å². The summed E-state index contributed by atoms with van der Waals surface area (Å²) in [6, 6.07) is 9.36. The van der Waals surface area contributed by atoms with Gasteiger partial charge in [-0.2, -0.15) is 0 Å². The molecule has 2 atom stereocenters. The Hall–Kier alpha value is -2.63. The highest BCUT2D eigenvalue weighted by atomic mass is 16.5. The van der Waals surface area contributed by atoms with Crippen molar-refractivity contribution in [2.45, 2.75) is 19.3 Å². The van der Waals surface area contributed by atoms with Crippen molar-refractivity contribution in [1.29, 1.82) is 0 Å². The Balaban J connectivity index is 1.37. The number of rotatable bonds is 7. The van der Waals surface area contributed by atoms with E-state index in [1.165, 1.54) is 4.90 Å². The van der Waals surface area contributed by atoms with Crippen molar-refractivity contribution in [2.75, 3.05) is 19.7 Å². The zero-order chi connectivity index (χ0) is 17.6. The first-order valence-corrected chi connectivity index (χ1v) is 8.61. The molecular weight excluding hydrogens is 320 g/mol. The summed E-state index contributed by atoms with van der Waals surface area (Å²) in [7, 11) is 0. The number of likely N-dealkylation sites (tertiary alicyclic amines) is 1. The Morgan fingerprint density at radius 2 is 1.72 bits per heavy atom. The molecule has 132 valence electrons. The van der Waals surface area contributed by atoms with Crippen molar-refractivity contribution >= 4 is 17.7 Å². The van der Waals surface area contributed by atoms with Crippen molar-refractivity contribution < 1.29 is 19.1 Å². The fourth-order valence-corrected chi connectivity index (χ4v) is 3.27. The van der Waals surface area contributed by atoms with Gasteiger partial charge in [-0.05, 0) is 25.0 Å². The summed E-state index contributed by atoms with van der Waals surface area (Å²) in [6.07, 6.45) is 5.27. The summed E-state index contributed by atoms with van der Waals surface area (Å²) in [5.74, 6) is -0.190. The van der Waals surface area contributed by atoms with Gasteiger partial charge < -0.3 is 10.1 Å². The van der Waals surface area contributed by atoms with Gasteiger partial charge in [-0.1, -0.05) is 30.4 Å². The Kier molecular flexibility index (Phi) is 5.48. The van der Waals surface area contributed by atoms with E-state index in [9.17, 15) is 14.4 Å². The van der Waals surface area contributed by atoms with Crippen LogP contribution in [-0.4, -0.2) is 42.3 Å². The molecule has 1 saturated heterocycles. The first-order chi connectivity index (χ1) is 12.2. The van der Waals surface area contributed by atoms with Crippen LogP contribution in [-0.2, 0) is 14.4 Å². The highest BCUT2D eigenvalue weighted by molar-refractivity contribution is 6.05. The number of nitrogens with one attached hydrogen (secondary N) is 1. The van der Waals surface area contributed by atoms with Gasteiger partial charge in [-0.15, -0.1) is 0 Å². The van der Waals surface area contributed by atoms with E-state index in [1.54, 1.807) is 0 Å². The second-order valence-corrected chi connectivity index (χ2v) is 6.25. The fraction of sp³-hybridized carbons (Fsp3) is 0.421. The van der Waals surface area contributed by atoms with Crippen molar-refractivity contribution in [1.82, 2.24) is 10.2 Å². The van der Waals surface area contributed by atoms with Crippen molar-refractivity contribution in [3.8, 4) is 5.75 Å². The number of para-hydroxylation sites is 1. The second kappa shape index (κ2) is 7.96. The number of hydrogen-bond acceptors (Lipinski definition) is 4. The molecule has 25 heavy (non-hydrogen) atoms. The molecule has 1 aromatic carbocycles. The van der Waals surface area contributed by atoms with Gasteiger partial charge in [0.05, 0.1) is 18.4 Å². The monoisotopic (exact) mass is 342 g/mol. The standard InChI is InChI=1S/C19H22N2O4/c22-17(20-11-13-25-14-6-2-1-3-7-14)10-12-21-18(23)15-8-4-5-9-16(15)19(21)24/h1-7,15-16H,8-13H2,(H,20,22)/t15-,16+. The SMILES string of the molecule is O=C(CCN1C(=O)[C@H]2CC=CC[C@H]2C1=O)NCCOc1ccccc1. The molecular formula is C19H22N2O4. The van der Waals surface area contributed by atoms with E-state index in [-0.39, 0.29) is 42.5 Å². The average Bonchev–Trinajstić information content (AvgIpc) is 2.89. The number of ether oxygens (including phenoxy) is 1. The third kappa shape index (κ3) is 4.07. The number of carbonyl (C=O) groups is 3. The summed E-state index contributed by atoms with van der Waals surface area (Å²) in [5, 5.41) is 2.74. The molecule has 1 aliphatic carbocycles. The average molecular weight is 342 g/mol. The topological polar surface area (TPSA) is 75.7 Å². The summed E-state index contributed by atoms with van der Waals surface area (Å²) in [5.41, 5.74) is 0. The molecule has 1 fully saturated rings. The highest BCUT2D eigenvalue weighted by Crippen LogP contribution is 2.34. The molecule has 6 heteroatoms. The van der Waals surface area contributed by atoms with Crippen molar-refractivity contribution in [3.05, 3.63) is 42.5 Å². The van der Waals surface area contributed by atoms with Gasteiger partial charge in [-0.3, -0.25) is 19.3 Å². The van der Waals surface area contributed by atoms with Gasteiger partial charge >= 0.3 is 0 Å². The molecule has 1 heterocycles. The van der Waals surface area contributed by atoms with Crippen molar-refractivity contribution in [2.24, 2.45) is 11.8 Å². The van der Waals surface area contributed by atoms with Crippen LogP contribution >= 0.6 is 0 Å². The van der Waals surface area contributed by atoms with Gasteiger partial charge in [0, 0.05) is 13.0 Å². The minimum atomic E-state index is -0.236. The Bertz CT molecular complexity index is 645. The highest BCUT2D eigenvalue weighted by Gasteiger charge is 2.46. The van der Waals surface area contributed by atoms with Gasteiger partial charge in [0.25, 0.3) is 0 Å². The van der Waals surface area contributed by atoms with Crippen LogP contribution in [0.15, 0.2) is 42.5 Å². The lowest BCUT2D eigenvalue weighted by atomic mass is 9.85. The fourth-order valence-electron chi connectivity index (χ4n) is 3.27. The van der Waals surface area contributed by atoms with E-state index < -0.39 is 0 Å². The number of imide groups is 1. The van der Waals surface area contributed by atoms with Crippen LogP contribution in [0.2, 0.25) is 0 Å².